The molecular formula is C20H34N4O2. The number of para-hydroxylation sites is 1. The van der Waals surface area contributed by atoms with E-state index in [9.17, 15) is 0 Å². The van der Waals surface area contributed by atoms with Crippen molar-refractivity contribution < 1.29 is 9.47 Å². The number of ether oxygens (including phenoxy) is 2. The van der Waals surface area contributed by atoms with Crippen molar-refractivity contribution in [1.29, 1.82) is 0 Å². The van der Waals surface area contributed by atoms with Gasteiger partial charge in [0.25, 0.3) is 0 Å². The maximum absolute atomic E-state index is 5.79. The fourth-order valence-electron chi connectivity index (χ4n) is 2.80. The summed E-state index contributed by atoms with van der Waals surface area (Å²) in [5.41, 5.74) is 0. The van der Waals surface area contributed by atoms with Gasteiger partial charge in [0.2, 0.25) is 0 Å². The molecule has 1 aliphatic carbocycles. The predicted octanol–water partition coefficient (Wildman–Crippen LogP) is 2.07. The van der Waals surface area contributed by atoms with Crippen LogP contribution >= 0.6 is 0 Å². The van der Waals surface area contributed by atoms with Gasteiger partial charge in [-0.25, -0.2) is 0 Å². The van der Waals surface area contributed by atoms with Gasteiger partial charge in [-0.15, -0.1) is 0 Å². The zero-order valence-corrected chi connectivity index (χ0v) is 16.5. The van der Waals surface area contributed by atoms with E-state index < -0.39 is 0 Å². The molecule has 1 saturated carbocycles. The summed E-state index contributed by atoms with van der Waals surface area (Å²) in [7, 11) is 3.82. The molecule has 0 radical (unpaired) electrons. The minimum Gasteiger partial charge on any atom is -0.492 e. The highest BCUT2D eigenvalue weighted by molar-refractivity contribution is 5.79. The van der Waals surface area contributed by atoms with Crippen molar-refractivity contribution in [3.05, 3.63) is 30.3 Å². The number of benzene rings is 1. The fourth-order valence-corrected chi connectivity index (χ4v) is 2.80. The first kappa shape index (κ1) is 20.5. The van der Waals surface area contributed by atoms with Crippen LogP contribution in [0.3, 0.4) is 0 Å². The molecule has 1 aromatic carbocycles. The Labute approximate surface area is 158 Å². The van der Waals surface area contributed by atoms with E-state index in [1.807, 2.05) is 30.3 Å². The molecular weight excluding hydrogens is 328 g/mol. The van der Waals surface area contributed by atoms with Crippen molar-refractivity contribution in [1.82, 2.24) is 15.1 Å². The van der Waals surface area contributed by atoms with Gasteiger partial charge in [0, 0.05) is 39.8 Å². The lowest BCUT2D eigenvalue weighted by Gasteiger charge is -2.24. The average molecular weight is 363 g/mol. The molecule has 0 saturated heterocycles. The Morgan fingerprint density at radius 1 is 1.15 bits per heavy atom. The van der Waals surface area contributed by atoms with Crippen LogP contribution in [0.15, 0.2) is 35.3 Å². The van der Waals surface area contributed by atoms with E-state index in [1.54, 1.807) is 7.11 Å². The molecule has 2 rings (SSSR count). The second-order valence-electron chi connectivity index (χ2n) is 6.58. The quantitative estimate of drug-likeness (QED) is 0.456. The van der Waals surface area contributed by atoms with Crippen LogP contribution in [0.4, 0.5) is 0 Å². The van der Waals surface area contributed by atoms with Crippen LogP contribution in [0, 0.1) is 0 Å². The Bertz CT molecular complexity index is 520. The van der Waals surface area contributed by atoms with E-state index in [4.69, 9.17) is 14.5 Å². The molecule has 0 amide bonds. The van der Waals surface area contributed by atoms with Crippen LogP contribution in [-0.4, -0.2) is 81.9 Å². The summed E-state index contributed by atoms with van der Waals surface area (Å²) < 4.78 is 11.0. The monoisotopic (exact) mass is 362 g/mol. The lowest BCUT2D eigenvalue weighted by molar-refractivity contribution is 0.145. The van der Waals surface area contributed by atoms with Gasteiger partial charge >= 0.3 is 0 Å². The average Bonchev–Trinajstić information content (AvgIpc) is 3.49. The topological polar surface area (TPSA) is 49.3 Å². The number of hydrogen-bond donors (Lipinski definition) is 1. The first-order valence-electron chi connectivity index (χ1n) is 9.65. The Kier molecular flexibility index (Phi) is 9.28. The second kappa shape index (κ2) is 11.8. The number of methoxy groups -OCH3 is 1. The molecule has 6 nitrogen and oxygen atoms in total. The smallest absolute Gasteiger partial charge is 0.193 e. The van der Waals surface area contributed by atoms with E-state index >= 15 is 0 Å². The lowest BCUT2D eigenvalue weighted by Crippen LogP contribution is -2.41. The van der Waals surface area contributed by atoms with Crippen molar-refractivity contribution in [2.45, 2.75) is 25.8 Å². The maximum atomic E-state index is 5.79. The zero-order chi connectivity index (χ0) is 18.6. The van der Waals surface area contributed by atoms with Crippen molar-refractivity contribution in [3.8, 4) is 5.75 Å². The highest BCUT2D eigenvalue weighted by Crippen LogP contribution is 2.26. The van der Waals surface area contributed by atoms with E-state index in [2.05, 4.69) is 29.1 Å². The Morgan fingerprint density at radius 3 is 2.58 bits per heavy atom. The standard InChI is InChI=1S/C20H34N4O2/c1-4-21-20(22-12-13-24(15-16-25-3)18-10-11-18)23(2)14-17-26-19-8-6-5-7-9-19/h5-9,18H,4,10-17H2,1-3H3,(H,21,22). The van der Waals surface area contributed by atoms with Crippen molar-refractivity contribution >= 4 is 5.96 Å². The minimum atomic E-state index is 0.632. The maximum Gasteiger partial charge on any atom is 0.193 e. The fraction of sp³-hybridized carbons (Fsp3) is 0.650. The molecule has 0 atom stereocenters. The summed E-state index contributed by atoms with van der Waals surface area (Å²) in [5, 5.41) is 3.37. The van der Waals surface area contributed by atoms with Crippen molar-refractivity contribution in [2.75, 3.05) is 60.1 Å². The normalized spacial score (nSPS) is 14.5. The van der Waals surface area contributed by atoms with Crippen LogP contribution in [0.5, 0.6) is 5.75 Å². The molecule has 0 heterocycles. The Balaban J connectivity index is 1.76. The summed E-state index contributed by atoms with van der Waals surface area (Å²) >= 11 is 0. The highest BCUT2D eigenvalue weighted by Gasteiger charge is 2.28. The third-order valence-corrected chi connectivity index (χ3v) is 4.43. The number of guanidine groups is 1. The highest BCUT2D eigenvalue weighted by atomic mass is 16.5. The van der Waals surface area contributed by atoms with Crippen LogP contribution < -0.4 is 10.1 Å². The van der Waals surface area contributed by atoms with Gasteiger partial charge < -0.3 is 19.7 Å². The first-order valence-corrected chi connectivity index (χ1v) is 9.65. The molecule has 26 heavy (non-hydrogen) atoms. The van der Waals surface area contributed by atoms with Gasteiger partial charge in [-0.05, 0) is 31.9 Å². The van der Waals surface area contributed by atoms with E-state index in [0.717, 1.165) is 57.1 Å². The number of hydrogen-bond acceptors (Lipinski definition) is 4. The van der Waals surface area contributed by atoms with Gasteiger partial charge in [0.1, 0.15) is 12.4 Å². The predicted molar refractivity (Wildman–Crippen MR) is 107 cm³/mol. The molecule has 1 fully saturated rings. The van der Waals surface area contributed by atoms with Crippen LogP contribution in [-0.2, 0) is 4.74 Å². The third-order valence-electron chi connectivity index (χ3n) is 4.43. The molecule has 0 aromatic heterocycles. The minimum absolute atomic E-state index is 0.632. The largest absolute Gasteiger partial charge is 0.492 e. The number of likely N-dealkylation sites (N-methyl/N-ethyl adjacent to an activating group) is 1. The summed E-state index contributed by atoms with van der Waals surface area (Å²) in [6, 6.07) is 10.7. The zero-order valence-electron chi connectivity index (χ0n) is 16.5. The van der Waals surface area contributed by atoms with Gasteiger partial charge in [0.05, 0.1) is 19.7 Å². The summed E-state index contributed by atoms with van der Waals surface area (Å²) in [6.07, 6.45) is 2.62. The van der Waals surface area contributed by atoms with Crippen molar-refractivity contribution in [2.24, 2.45) is 4.99 Å². The molecule has 0 unspecified atom stereocenters. The van der Waals surface area contributed by atoms with Crippen LogP contribution in [0.1, 0.15) is 19.8 Å². The van der Waals surface area contributed by atoms with E-state index in [-0.39, 0.29) is 0 Å². The summed E-state index contributed by atoms with van der Waals surface area (Å²) in [5.74, 6) is 1.84. The SMILES string of the molecule is CCNC(=NCCN(CCOC)C1CC1)N(C)CCOc1ccccc1. The Morgan fingerprint density at radius 2 is 1.92 bits per heavy atom. The van der Waals surface area contributed by atoms with Crippen LogP contribution in [0.2, 0.25) is 0 Å². The molecule has 0 bridgehead atoms. The molecule has 1 aromatic rings. The second-order valence-corrected chi connectivity index (χ2v) is 6.58. The van der Waals surface area contributed by atoms with Gasteiger partial charge in [-0.3, -0.25) is 9.89 Å². The lowest BCUT2D eigenvalue weighted by atomic mass is 10.3. The number of nitrogens with zero attached hydrogens (tertiary/aromatic N) is 3. The number of nitrogens with one attached hydrogen (secondary N) is 1. The van der Waals surface area contributed by atoms with Gasteiger partial charge in [-0.2, -0.15) is 0 Å². The molecule has 1 N–H and O–H groups in total. The number of rotatable bonds is 12. The summed E-state index contributed by atoms with van der Waals surface area (Å²) in [6.45, 7) is 7.94. The van der Waals surface area contributed by atoms with Gasteiger partial charge in [0.15, 0.2) is 5.96 Å². The summed E-state index contributed by atoms with van der Waals surface area (Å²) in [4.78, 5) is 9.41. The van der Waals surface area contributed by atoms with E-state index in [0.29, 0.717) is 6.61 Å². The molecule has 6 heteroatoms. The first-order chi connectivity index (χ1) is 12.7. The molecule has 1 aliphatic rings. The van der Waals surface area contributed by atoms with Gasteiger partial charge in [-0.1, -0.05) is 18.2 Å². The van der Waals surface area contributed by atoms with Crippen LogP contribution in [0.25, 0.3) is 0 Å². The molecule has 146 valence electrons. The van der Waals surface area contributed by atoms with E-state index in [1.165, 1.54) is 12.8 Å². The third kappa shape index (κ3) is 7.62. The number of aliphatic imine (C=N–C) groups is 1. The molecule has 0 spiro atoms. The van der Waals surface area contributed by atoms with Crippen molar-refractivity contribution in [3.63, 3.8) is 0 Å². The Hall–Kier alpha value is -1.79. The molecule has 0 aliphatic heterocycles.